The number of aliphatic carboxylic acids is 1. The predicted molar refractivity (Wildman–Crippen MR) is 200 cm³/mol. The Labute approximate surface area is 312 Å². The summed E-state index contributed by atoms with van der Waals surface area (Å²) in [5.74, 6) is -1.02. The molecular formula is C44H67NO7. The first-order valence-electron chi connectivity index (χ1n) is 20.7. The Bertz CT molecular complexity index is 1530. The van der Waals surface area contributed by atoms with Crippen molar-refractivity contribution >= 4 is 29.4 Å². The van der Waals surface area contributed by atoms with Gasteiger partial charge in [0.1, 0.15) is 6.10 Å². The summed E-state index contributed by atoms with van der Waals surface area (Å²) >= 11 is 0. The Hall–Kier alpha value is -2.51. The molecule has 1 amide bonds. The topological polar surface area (TPSA) is 127 Å². The van der Waals surface area contributed by atoms with Gasteiger partial charge in [0, 0.05) is 18.4 Å². The minimum Gasteiger partial charge on any atom is -0.481 e. The summed E-state index contributed by atoms with van der Waals surface area (Å²) in [5.41, 5.74) is -0.806. The number of carboxylic acid groups (broad SMARTS) is 1. The average molecular weight is 722 g/mol. The molecule has 8 nitrogen and oxygen atoms in total. The van der Waals surface area contributed by atoms with Crippen LogP contribution in [0, 0.1) is 62.1 Å². The second-order valence-corrected chi connectivity index (χ2v) is 20.5. The van der Waals surface area contributed by atoms with E-state index in [2.05, 4.69) is 53.8 Å². The zero-order valence-electron chi connectivity index (χ0n) is 33.7. The van der Waals surface area contributed by atoms with Gasteiger partial charge in [-0.15, -0.1) is 0 Å². The van der Waals surface area contributed by atoms with Gasteiger partial charge in [-0.3, -0.25) is 24.0 Å². The Morgan fingerprint density at radius 2 is 1.52 bits per heavy atom. The molecule has 0 aliphatic heterocycles. The molecule has 290 valence electrons. The lowest BCUT2D eigenvalue weighted by Gasteiger charge is -2.72. The largest absolute Gasteiger partial charge is 0.481 e. The molecule has 0 bridgehead atoms. The number of nitrogens with one attached hydrogen (secondary N) is 1. The highest BCUT2D eigenvalue weighted by Crippen LogP contribution is 2.76. The fourth-order valence-corrected chi connectivity index (χ4v) is 13.6. The Morgan fingerprint density at radius 1 is 0.846 bits per heavy atom. The van der Waals surface area contributed by atoms with Crippen LogP contribution in [0.4, 0.5) is 0 Å². The van der Waals surface area contributed by atoms with Crippen molar-refractivity contribution in [1.82, 2.24) is 5.32 Å². The maximum absolute atomic E-state index is 14.5. The van der Waals surface area contributed by atoms with Crippen molar-refractivity contribution in [2.24, 2.45) is 62.1 Å². The van der Waals surface area contributed by atoms with E-state index in [1.165, 1.54) is 19.3 Å². The number of hydrogen-bond acceptors (Lipinski definition) is 6. The van der Waals surface area contributed by atoms with Crippen LogP contribution in [0.25, 0.3) is 0 Å². The van der Waals surface area contributed by atoms with Crippen molar-refractivity contribution in [3.8, 4) is 0 Å². The number of Topliss-reactive ketones (excluding diaryl/α,β-unsaturated/α-hetero) is 2. The molecule has 0 aromatic heterocycles. The molecule has 8 heteroatoms. The van der Waals surface area contributed by atoms with Crippen LogP contribution in [0.15, 0.2) is 11.1 Å². The third-order valence-corrected chi connectivity index (χ3v) is 16.7. The number of carbonyl (C=O) groups excluding carboxylic acids is 4. The number of carboxylic acids is 1. The number of ether oxygens (including phenoxy) is 1. The summed E-state index contributed by atoms with van der Waals surface area (Å²) in [7, 11) is 0. The molecule has 6 aliphatic carbocycles. The van der Waals surface area contributed by atoms with Gasteiger partial charge in [-0.25, -0.2) is 0 Å². The second kappa shape index (κ2) is 13.4. The van der Waals surface area contributed by atoms with Gasteiger partial charge < -0.3 is 15.2 Å². The van der Waals surface area contributed by atoms with Gasteiger partial charge in [-0.1, -0.05) is 67.7 Å². The summed E-state index contributed by atoms with van der Waals surface area (Å²) in [6.07, 6.45) is 12.4. The normalized spacial score (nSPS) is 38.8. The number of fused-ring (bicyclic) bond motifs is 7. The molecule has 6 rings (SSSR count). The van der Waals surface area contributed by atoms with Crippen LogP contribution in [-0.2, 0) is 28.7 Å². The van der Waals surface area contributed by atoms with Crippen molar-refractivity contribution in [3.63, 3.8) is 0 Å². The van der Waals surface area contributed by atoms with E-state index in [0.717, 1.165) is 68.9 Å². The summed E-state index contributed by atoms with van der Waals surface area (Å²) in [4.78, 5) is 67.0. The fourth-order valence-electron chi connectivity index (χ4n) is 13.6. The van der Waals surface area contributed by atoms with Gasteiger partial charge in [0.25, 0.3) is 5.91 Å². The zero-order chi connectivity index (χ0) is 38.2. The summed E-state index contributed by atoms with van der Waals surface area (Å²) in [6, 6.07) is 0. The molecule has 0 aromatic carbocycles. The fraction of sp³-hybridized carbons (Fsp3) is 0.841. The molecule has 5 saturated carbocycles. The molecule has 0 unspecified atom stereocenters. The highest BCUT2D eigenvalue weighted by molar-refractivity contribution is 6.40. The van der Waals surface area contributed by atoms with Crippen LogP contribution in [0.2, 0.25) is 0 Å². The number of esters is 1. The minimum atomic E-state index is -1.18. The van der Waals surface area contributed by atoms with E-state index in [-0.39, 0.29) is 64.0 Å². The van der Waals surface area contributed by atoms with Gasteiger partial charge in [-0.2, -0.15) is 0 Å². The van der Waals surface area contributed by atoms with Crippen LogP contribution >= 0.6 is 0 Å². The average Bonchev–Trinajstić information content (AvgIpc) is 3.38. The predicted octanol–water partition coefficient (Wildman–Crippen LogP) is 8.65. The number of carbonyl (C=O) groups is 5. The number of ketones is 2. The van der Waals surface area contributed by atoms with Gasteiger partial charge >= 0.3 is 11.9 Å². The third-order valence-electron chi connectivity index (χ3n) is 16.7. The van der Waals surface area contributed by atoms with Crippen molar-refractivity contribution in [2.75, 3.05) is 6.54 Å². The maximum Gasteiger partial charge on any atom is 0.309 e. The molecule has 0 radical (unpaired) electrons. The lowest BCUT2D eigenvalue weighted by atomic mass is 9.33. The second-order valence-electron chi connectivity index (χ2n) is 20.5. The minimum absolute atomic E-state index is 0.0107. The van der Waals surface area contributed by atoms with E-state index < -0.39 is 28.7 Å². The number of amides is 1. The van der Waals surface area contributed by atoms with Crippen LogP contribution in [-0.4, -0.2) is 47.2 Å². The molecule has 6 aliphatic rings. The highest BCUT2D eigenvalue weighted by Gasteiger charge is 2.71. The van der Waals surface area contributed by atoms with Gasteiger partial charge in [-0.05, 0) is 135 Å². The number of allylic oxidation sites excluding steroid dienone is 2. The van der Waals surface area contributed by atoms with Crippen LogP contribution in [0.3, 0.4) is 0 Å². The first-order chi connectivity index (χ1) is 24.2. The first kappa shape index (κ1) is 39.2. The van der Waals surface area contributed by atoms with E-state index in [1.807, 2.05) is 0 Å². The highest BCUT2D eigenvalue weighted by atomic mass is 16.5. The van der Waals surface area contributed by atoms with Crippen molar-refractivity contribution < 1.29 is 33.8 Å². The Morgan fingerprint density at radius 3 is 2.15 bits per heavy atom. The van der Waals surface area contributed by atoms with Gasteiger partial charge in [0.15, 0.2) is 5.78 Å². The van der Waals surface area contributed by atoms with Crippen LogP contribution in [0.5, 0.6) is 0 Å². The third kappa shape index (κ3) is 5.94. The van der Waals surface area contributed by atoms with Crippen molar-refractivity contribution in [3.05, 3.63) is 11.1 Å². The van der Waals surface area contributed by atoms with Crippen molar-refractivity contribution in [1.29, 1.82) is 0 Å². The summed E-state index contributed by atoms with van der Waals surface area (Å²) in [6.45, 7) is 19.7. The zero-order valence-corrected chi connectivity index (χ0v) is 33.7. The van der Waals surface area contributed by atoms with Gasteiger partial charge in [0.2, 0.25) is 5.78 Å². The molecule has 0 aromatic rings. The maximum atomic E-state index is 14.5. The smallest absolute Gasteiger partial charge is 0.309 e. The Kier molecular flexibility index (Phi) is 10.1. The number of hydrogen-bond donors (Lipinski definition) is 2. The molecule has 5 fully saturated rings. The lowest BCUT2D eigenvalue weighted by molar-refractivity contribution is -0.233. The van der Waals surface area contributed by atoms with Crippen LogP contribution < -0.4 is 5.32 Å². The standard InChI is InChI=1S/C44H67NO7/c1-26(2)34-29(46)23-44(36(48)37(49)45-25-27-13-11-10-12-14-27)22-21-42(8)28(35(34)44)15-16-31-41(7)19-18-32(52-33(47)24-39(3,4)38(50)51)40(5,6)30(41)17-20-43(31,42)9/h26-28,30-32H,10-25H2,1-9H3,(H,45,49)(H,50,51)/t28-,30+,31-,32+,41+,42-,43-,44-/m1/s1. The molecule has 0 saturated heterocycles. The molecular weight excluding hydrogens is 654 g/mol. The Balaban J connectivity index is 1.27. The summed E-state index contributed by atoms with van der Waals surface area (Å²) < 4.78 is 6.14. The lowest BCUT2D eigenvalue weighted by Crippen LogP contribution is -2.66. The number of rotatable bonds is 9. The van der Waals surface area contributed by atoms with Crippen LogP contribution in [0.1, 0.15) is 159 Å². The SMILES string of the molecule is CC(C)C1=C2[C@H]3CC[C@@H]4[C@@]5(C)CC[C@H](OC(=O)CC(C)(C)C(=O)O)C(C)(C)[C@@H]5CC[C@@]4(C)[C@]3(C)CC[C@@]2(C(=O)C(=O)NCC2CCCCC2)CC1=O. The molecule has 2 N–H and O–H groups in total. The van der Waals surface area contributed by atoms with E-state index in [9.17, 15) is 29.1 Å². The molecule has 0 spiro atoms. The van der Waals surface area contributed by atoms with Gasteiger partial charge in [0.05, 0.1) is 17.3 Å². The summed E-state index contributed by atoms with van der Waals surface area (Å²) in [5, 5.41) is 12.6. The van der Waals surface area contributed by atoms with E-state index in [0.29, 0.717) is 30.7 Å². The first-order valence-corrected chi connectivity index (χ1v) is 20.7. The van der Waals surface area contributed by atoms with E-state index in [1.54, 1.807) is 13.8 Å². The molecule has 8 atom stereocenters. The van der Waals surface area contributed by atoms with Crippen molar-refractivity contribution in [2.45, 2.75) is 165 Å². The van der Waals surface area contributed by atoms with E-state index in [4.69, 9.17) is 4.74 Å². The van der Waals surface area contributed by atoms with E-state index >= 15 is 0 Å². The molecule has 0 heterocycles. The quantitative estimate of drug-likeness (QED) is 0.180. The molecule has 52 heavy (non-hydrogen) atoms. The monoisotopic (exact) mass is 721 g/mol.